The van der Waals surface area contributed by atoms with Crippen LogP contribution in [0.25, 0.3) is 11.4 Å². The molecule has 0 aliphatic carbocycles. The van der Waals surface area contributed by atoms with E-state index in [4.69, 9.17) is 9.97 Å². The number of amides is 1. The quantitative estimate of drug-likeness (QED) is 0.531. The van der Waals surface area contributed by atoms with Crippen molar-refractivity contribution in [2.75, 3.05) is 25.0 Å². The molecule has 2 heterocycles. The molecule has 5 nitrogen and oxygen atoms in total. The number of carbonyl (C=O) groups excluding carboxylic acids is 1. The second kappa shape index (κ2) is 9.21. The summed E-state index contributed by atoms with van der Waals surface area (Å²) in [5, 5.41) is 0. The van der Waals surface area contributed by atoms with Gasteiger partial charge < -0.3 is 9.80 Å². The molecule has 0 saturated carbocycles. The van der Waals surface area contributed by atoms with Crippen molar-refractivity contribution in [3.8, 4) is 11.4 Å². The van der Waals surface area contributed by atoms with Crippen molar-refractivity contribution in [3.05, 3.63) is 77.0 Å². The molecule has 3 aromatic rings. The monoisotopic (exact) mass is 454 g/mol. The number of hydrogen-bond donors (Lipinski definition) is 0. The molecule has 0 bridgehead atoms. The molecule has 172 valence electrons. The molecule has 0 N–H and O–H groups in total. The Bertz CT molecular complexity index is 1130. The minimum absolute atomic E-state index is 0.233. The molecule has 1 aromatic heterocycles. The van der Waals surface area contributed by atoms with Crippen molar-refractivity contribution >= 4 is 11.7 Å². The van der Waals surface area contributed by atoms with Gasteiger partial charge >= 0.3 is 6.18 Å². The van der Waals surface area contributed by atoms with E-state index in [-0.39, 0.29) is 11.5 Å². The van der Waals surface area contributed by atoms with Crippen LogP contribution in [0.1, 0.15) is 40.5 Å². The lowest BCUT2D eigenvalue weighted by Crippen LogP contribution is -2.38. The van der Waals surface area contributed by atoms with Crippen molar-refractivity contribution in [2.24, 2.45) is 0 Å². The summed E-state index contributed by atoms with van der Waals surface area (Å²) in [5.74, 6) is 1.13. The molecule has 0 fully saturated rings. The lowest BCUT2D eigenvalue weighted by molar-refractivity contribution is -0.137. The number of benzene rings is 2. The summed E-state index contributed by atoms with van der Waals surface area (Å²) in [6.45, 7) is 3.63. The molecule has 0 saturated heterocycles. The minimum atomic E-state index is -4.43. The molecular formula is C25H25F3N4O. The predicted octanol–water partition coefficient (Wildman–Crippen LogP) is 5.21. The van der Waals surface area contributed by atoms with Crippen LogP contribution in [0.2, 0.25) is 0 Å². The van der Waals surface area contributed by atoms with Crippen molar-refractivity contribution in [1.82, 2.24) is 14.9 Å². The Morgan fingerprint density at radius 1 is 1.06 bits per heavy atom. The van der Waals surface area contributed by atoms with E-state index >= 15 is 0 Å². The van der Waals surface area contributed by atoms with Gasteiger partial charge in [-0.25, -0.2) is 9.97 Å². The summed E-state index contributed by atoms with van der Waals surface area (Å²) in [4.78, 5) is 26.4. The zero-order valence-corrected chi connectivity index (χ0v) is 18.6. The number of rotatable bonds is 5. The van der Waals surface area contributed by atoms with Crippen molar-refractivity contribution in [2.45, 2.75) is 32.5 Å². The number of alkyl halides is 3. The van der Waals surface area contributed by atoms with E-state index in [0.29, 0.717) is 25.3 Å². The number of fused-ring (bicyclic) bond motifs is 1. The van der Waals surface area contributed by atoms with E-state index in [2.05, 4.69) is 11.8 Å². The topological polar surface area (TPSA) is 49.3 Å². The third-order valence-electron chi connectivity index (χ3n) is 5.74. The van der Waals surface area contributed by atoms with Crippen LogP contribution >= 0.6 is 0 Å². The lowest BCUT2D eigenvalue weighted by atomic mass is 10.0. The standard InChI is InChI=1S/C25H25F3N4O/c1-3-14-31(2)23-20-16-32(24(33)18-9-11-19(12-10-18)25(26,27)28)15-13-21(20)29-22(30-23)17-7-5-4-6-8-17/h4-12H,3,13-16H2,1-2H3. The number of halogens is 3. The van der Waals surface area contributed by atoms with Gasteiger partial charge in [-0.1, -0.05) is 37.3 Å². The molecular weight excluding hydrogens is 429 g/mol. The van der Waals surface area contributed by atoms with Gasteiger partial charge in [0.1, 0.15) is 5.82 Å². The smallest absolute Gasteiger partial charge is 0.359 e. The highest BCUT2D eigenvalue weighted by molar-refractivity contribution is 5.94. The van der Waals surface area contributed by atoms with Crippen molar-refractivity contribution < 1.29 is 18.0 Å². The molecule has 4 rings (SSSR count). The molecule has 0 unspecified atom stereocenters. The summed E-state index contributed by atoms with van der Waals surface area (Å²) in [5.41, 5.74) is 2.18. The molecule has 1 amide bonds. The normalized spacial score (nSPS) is 13.5. The fourth-order valence-corrected chi connectivity index (χ4v) is 4.03. The number of nitrogens with zero attached hydrogens (tertiary/aromatic N) is 4. The molecule has 1 aliphatic rings. The Labute approximate surface area is 190 Å². The van der Waals surface area contributed by atoms with E-state index in [1.165, 1.54) is 12.1 Å². The summed E-state index contributed by atoms with van der Waals surface area (Å²) in [6, 6.07) is 14.1. The minimum Gasteiger partial charge on any atom is -0.359 e. The highest BCUT2D eigenvalue weighted by atomic mass is 19.4. The molecule has 33 heavy (non-hydrogen) atoms. The van der Waals surface area contributed by atoms with Gasteiger partial charge in [0.15, 0.2) is 5.82 Å². The first-order valence-corrected chi connectivity index (χ1v) is 10.9. The largest absolute Gasteiger partial charge is 0.416 e. The fourth-order valence-electron chi connectivity index (χ4n) is 4.03. The molecule has 0 atom stereocenters. The lowest BCUT2D eigenvalue weighted by Gasteiger charge is -2.32. The van der Waals surface area contributed by atoms with Crippen LogP contribution in [0.15, 0.2) is 54.6 Å². The van der Waals surface area contributed by atoms with Crippen LogP contribution in [0, 0.1) is 0 Å². The van der Waals surface area contributed by atoms with Gasteiger partial charge in [-0.15, -0.1) is 0 Å². The molecule has 8 heteroatoms. The molecule has 2 aromatic carbocycles. The maximum atomic E-state index is 13.1. The van der Waals surface area contributed by atoms with Crippen molar-refractivity contribution in [1.29, 1.82) is 0 Å². The second-order valence-electron chi connectivity index (χ2n) is 8.14. The summed E-state index contributed by atoms with van der Waals surface area (Å²) in [7, 11) is 1.97. The average Bonchev–Trinajstić information content (AvgIpc) is 2.82. The highest BCUT2D eigenvalue weighted by Gasteiger charge is 2.31. The molecule has 1 aliphatic heterocycles. The fraction of sp³-hybridized carbons (Fsp3) is 0.320. The maximum absolute atomic E-state index is 13.1. The number of carbonyl (C=O) groups is 1. The van der Waals surface area contributed by atoms with Gasteiger partial charge in [-0.2, -0.15) is 13.2 Å². The third-order valence-corrected chi connectivity index (χ3v) is 5.74. The van der Waals surface area contributed by atoms with Gasteiger partial charge in [-0.05, 0) is 30.7 Å². The Morgan fingerprint density at radius 2 is 1.76 bits per heavy atom. The van der Waals surface area contributed by atoms with Crippen LogP contribution in [-0.2, 0) is 19.1 Å². The zero-order chi connectivity index (χ0) is 23.6. The number of anilines is 1. The first-order chi connectivity index (χ1) is 15.8. The van der Waals surface area contributed by atoms with Gasteiger partial charge in [0.25, 0.3) is 5.91 Å². The molecule has 0 spiro atoms. The first kappa shape index (κ1) is 22.8. The van der Waals surface area contributed by atoms with Gasteiger partial charge in [0.05, 0.1) is 17.8 Å². The van der Waals surface area contributed by atoms with Crippen LogP contribution in [0.5, 0.6) is 0 Å². The highest BCUT2D eigenvalue weighted by Crippen LogP contribution is 2.31. The summed E-state index contributed by atoms with van der Waals surface area (Å²) in [6.07, 6.45) is -2.95. The average molecular weight is 454 g/mol. The van der Waals surface area contributed by atoms with Crippen LogP contribution in [0.3, 0.4) is 0 Å². The summed E-state index contributed by atoms with van der Waals surface area (Å²) >= 11 is 0. The summed E-state index contributed by atoms with van der Waals surface area (Å²) < 4.78 is 38.6. The van der Waals surface area contributed by atoms with E-state index in [1.54, 1.807) is 4.90 Å². The van der Waals surface area contributed by atoms with E-state index in [9.17, 15) is 18.0 Å². The van der Waals surface area contributed by atoms with Crippen LogP contribution < -0.4 is 4.90 Å². The Hall–Kier alpha value is -3.42. The first-order valence-electron chi connectivity index (χ1n) is 10.9. The predicted molar refractivity (Wildman–Crippen MR) is 121 cm³/mol. The van der Waals surface area contributed by atoms with Crippen LogP contribution in [0.4, 0.5) is 19.0 Å². The third kappa shape index (κ3) is 4.84. The molecule has 0 radical (unpaired) electrons. The number of aromatic nitrogens is 2. The van der Waals surface area contributed by atoms with E-state index < -0.39 is 11.7 Å². The van der Waals surface area contributed by atoms with Crippen molar-refractivity contribution in [3.63, 3.8) is 0 Å². The Kier molecular flexibility index (Phi) is 6.35. The Morgan fingerprint density at radius 3 is 2.39 bits per heavy atom. The van der Waals surface area contributed by atoms with E-state index in [0.717, 1.165) is 47.7 Å². The maximum Gasteiger partial charge on any atom is 0.416 e. The van der Waals surface area contributed by atoms with Gasteiger partial charge in [-0.3, -0.25) is 4.79 Å². The van der Waals surface area contributed by atoms with Crippen LogP contribution in [-0.4, -0.2) is 40.9 Å². The number of hydrogen-bond acceptors (Lipinski definition) is 4. The Balaban J connectivity index is 1.65. The van der Waals surface area contributed by atoms with Gasteiger partial charge in [0, 0.05) is 43.2 Å². The van der Waals surface area contributed by atoms with Gasteiger partial charge in [0.2, 0.25) is 0 Å². The van der Waals surface area contributed by atoms with E-state index in [1.807, 2.05) is 37.4 Å². The SMILES string of the molecule is CCCN(C)c1nc(-c2ccccc2)nc2c1CN(C(=O)c1ccc(C(F)(F)F)cc1)CC2. The second-order valence-corrected chi connectivity index (χ2v) is 8.14. The zero-order valence-electron chi connectivity index (χ0n) is 18.6.